The molecule has 0 heteroatoms. The van der Waals surface area contributed by atoms with E-state index in [1.807, 2.05) is 0 Å². The summed E-state index contributed by atoms with van der Waals surface area (Å²) in [6.07, 6.45) is 4.61. The zero-order valence-corrected chi connectivity index (χ0v) is 7.48. The molecule has 0 aromatic carbocycles. The highest BCUT2D eigenvalue weighted by molar-refractivity contribution is 5.31. The Kier molecular flexibility index (Phi) is 2.33. The summed E-state index contributed by atoms with van der Waals surface area (Å²) in [6.45, 7) is 12.2. The fourth-order valence-electron chi connectivity index (χ4n) is 1.61. The van der Waals surface area contributed by atoms with E-state index in [0.29, 0.717) is 5.92 Å². The van der Waals surface area contributed by atoms with Crippen molar-refractivity contribution in [2.75, 3.05) is 0 Å². The first-order valence-electron chi connectivity index (χ1n) is 4.12. The highest BCUT2D eigenvalue weighted by atomic mass is 14.2. The van der Waals surface area contributed by atoms with Crippen LogP contribution in [0.25, 0.3) is 0 Å². The molecule has 60 valence electrons. The van der Waals surface area contributed by atoms with Crippen LogP contribution in [-0.4, -0.2) is 0 Å². The summed E-state index contributed by atoms with van der Waals surface area (Å²) >= 11 is 0. The van der Waals surface area contributed by atoms with Crippen LogP contribution in [0.4, 0.5) is 0 Å². The van der Waals surface area contributed by atoms with Gasteiger partial charge < -0.3 is 0 Å². The Bertz CT molecular complexity index is 218. The minimum Gasteiger partial charge on any atom is -0.0995 e. The van der Waals surface area contributed by atoms with Crippen molar-refractivity contribution in [3.8, 4) is 0 Å². The summed E-state index contributed by atoms with van der Waals surface area (Å²) < 4.78 is 0. The van der Waals surface area contributed by atoms with E-state index in [1.165, 1.54) is 29.6 Å². The van der Waals surface area contributed by atoms with Gasteiger partial charge in [-0.15, -0.1) is 0 Å². The number of hydrogen-bond donors (Lipinski definition) is 0. The summed E-state index contributed by atoms with van der Waals surface area (Å²) in [5, 5.41) is 0. The largest absolute Gasteiger partial charge is 0.0995 e. The van der Waals surface area contributed by atoms with E-state index in [4.69, 9.17) is 0 Å². The number of allylic oxidation sites excluding steroid dienone is 4. The third kappa shape index (κ3) is 1.83. The molecule has 0 amide bonds. The molecule has 0 radical (unpaired) electrons. The van der Waals surface area contributed by atoms with Gasteiger partial charge >= 0.3 is 0 Å². The van der Waals surface area contributed by atoms with E-state index >= 15 is 0 Å². The summed E-state index contributed by atoms with van der Waals surface area (Å²) in [7, 11) is 0. The van der Waals surface area contributed by atoms with Gasteiger partial charge in [-0.05, 0) is 32.3 Å². The second kappa shape index (κ2) is 3.08. The summed E-state index contributed by atoms with van der Waals surface area (Å²) in [5.41, 5.74) is 3.94. The summed E-state index contributed by atoms with van der Waals surface area (Å²) in [5.74, 6) is 0.540. The normalized spacial score (nSPS) is 24.7. The highest BCUT2D eigenvalue weighted by Crippen LogP contribution is 2.31. The summed E-state index contributed by atoms with van der Waals surface area (Å²) in [6, 6.07) is 0. The van der Waals surface area contributed by atoms with Crippen molar-refractivity contribution in [1.29, 1.82) is 0 Å². The first-order chi connectivity index (χ1) is 5.11. The van der Waals surface area contributed by atoms with Gasteiger partial charge in [-0.25, -0.2) is 0 Å². The van der Waals surface area contributed by atoms with Crippen molar-refractivity contribution in [2.24, 2.45) is 5.92 Å². The molecule has 1 rings (SSSR count). The maximum atomic E-state index is 4.03. The van der Waals surface area contributed by atoms with Gasteiger partial charge in [-0.1, -0.05) is 30.4 Å². The molecular weight excluding hydrogens is 132 g/mol. The van der Waals surface area contributed by atoms with Crippen LogP contribution < -0.4 is 0 Å². The first kappa shape index (κ1) is 8.32. The van der Waals surface area contributed by atoms with Crippen LogP contribution in [0.15, 0.2) is 36.0 Å². The van der Waals surface area contributed by atoms with Crippen molar-refractivity contribution in [3.05, 3.63) is 36.0 Å². The molecule has 1 aliphatic rings. The smallest absolute Gasteiger partial charge is 0.00398 e. The lowest BCUT2D eigenvalue weighted by molar-refractivity contribution is 0.629. The van der Waals surface area contributed by atoms with E-state index in [9.17, 15) is 0 Å². The Balaban J connectivity index is 2.76. The SMILES string of the molecule is C=C(C)C1CCC(C)=CC1=C. The minimum absolute atomic E-state index is 0.540. The maximum absolute atomic E-state index is 4.03. The van der Waals surface area contributed by atoms with Crippen LogP contribution in [0.2, 0.25) is 0 Å². The van der Waals surface area contributed by atoms with Gasteiger partial charge in [0.25, 0.3) is 0 Å². The molecule has 1 unspecified atom stereocenters. The average molecular weight is 148 g/mol. The molecule has 0 saturated heterocycles. The average Bonchev–Trinajstić information content (AvgIpc) is 1.85. The van der Waals surface area contributed by atoms with E-state index in [0.717, 1.165) is 0 Å². The molecule has 0 N–H and O–H groups in total. The second-order valence-corrected chi connectivity index (χ2v) is 3.50. The fourth-order valence-corrected chi connectivity index (χ4v) is 1.61. The fraction of sp³-hybridized carbons (Fsp3) is 0.455. The zero-order valence-electron chi connectivity index (χ0n) is 7.48. The van der Waals surface area contributed by atoms with Crippen LogP contribution >= 0.6 is 0 Å². The van der Waals surface area contributed by atoms with Crippen LogP contribution in [0.1, 0.15) is 26.7 Å². The van der Waals surface area contributed by atoms with Gasteiger partial charge in [0.1, 0.15) is 0 Å². The first-order valence-corrected chi connectivity index (χ1v) is 4.12. The molecule has 0 aromatic heterocycles. The zero-order chi connectivity index (χ0) is 8.43. The molecule has 1 aliphatic carbocycles. The van der Waals surface area contributed by atoms with Crippen molar-refractivity contribution < 1.29 is 0 Å². The molecule has 11 heavy (non-hydrogen) atoms. The van der Waals surface area contributed by atoms with Gasteiger partial charge in [0.2, 0.25) is 0 Å². The third-order valence-corrected chi connectivity index (χ3v) is 2.30. The lowest BCUT2D eigenvalue weighted by Crippen LogP contribution is -2.07. The molecule has 0 saturated carbocycles. The van der Waals surface area contributed by atoms with Crippen molar-refractivity contribution >= 4 is 0 Å². The number of rotatable bonds is 1. The lowest BCUT2D eigenvalue weighted by atomic mass is 9.83. The van der Waals surface area contributed by atoms with E-state index in [2.05, 4.69) is 33.1 Å². The van der Waals surface area contributed by atoms with Crippen LogP contribution in [0.5, 0.6) is 0 Å². The Morgan fingerprint density at radius 2 is 2.27 bits per heavy atom. The Morgan fingerprint density at radius 1 is 1.64 bits per heavy atom. The molecular formula is C11H16. The monoisotopic (exact) mass is 148 g/mol. The molecule has 0 aliphatic heterocycles. The highest BCUT2D eigenvalue weighted by Gasteiger charge is 2.15. The second-order valence-electron chi connectivity index (χ2n) is 3.50. The standard InChI is InChI=1S/C11H16/c1-8(2)11-6-5-9(3)7-10(11)4/h7,11H,1,4-6H2,2-3H3. The van der Waals surface area contributed by atoms with Crippen molar-refractivity contribution in [1.82, 2.24) is 0 Å². The minimum atomic E-state index is 0.540. The van der Waals surface area contributed by atoms with Gasteiger partial charge in [0, 0.05) is 5.92 Å². The Labute approximate surface area is 69.3 Å². The molecule has 1 atom stereocenters. The van der Waals surface area contributed by atoms with Crippen LogP contribution in [-0.2, 0) is 0 Å². The molecule has 0 spiro atoms. The molecule has 0 aromatic rings. The van der Waals surface area contributed by atoms with E-state index in [-0.39, 0.29) is 0 Å². The van der Waals surface area contributed by atoms with Crippen LogP contribution in [0, 0.1) is 5.92 Å². The Hall–Kier alpha value is -0.780. The van der Waals surface area contributed by atoms with E-state index in [1.54, 1.807) is 0 Å². The van der Waals surface area contributed by atoms with E-state index < -0.39 is 0 Å². The van der Waals surface area contributed by atoms with Crippen LogP contribution in [0.3, 0.4) is 0 Å². The van der Waals surface area contributed by atoms with Gasteiger partial charge in [0.05, 0.1) is 0 Å². The van der Waals surface area contributed by atoms with Crippen molar-refractivity contribution in [3.63, 3.8) is 0 Å². The van der Waals surface area contributed by atoms with Gasteiger partial charge in [0.15, 0.2) is 0 Å². The predicted molar refractivity (Wildman–Crippen MR) is 50.4 cm³/mol. The van der Waals surface area contributed by atoms with Crippen molar-refractivity contribution in [2.45, 2.75) is 26.7 Å². The predicted octanol–water partition coefficient (Wildman–Crippen LogP) is 3.48. The van der Waals surface area contributed by atoms with Gasteiger partial charge in [-0.3, -0.25) is 0 Å². The molecule has 0 heterocycles. The molecule has 0 fully saturated rings. The molecule has 0 nitrogen and oxygen atoms in total. The maximum Gasteiger partial charge on any atom is 0.00398 e. The topological polar surface area (TPSA) is 0 Å². The lowest BCUT2D eigenvalue weighted by Gasteiger charge is -2.22. The Morgan fingerprint density at radius 3 is 2.73 bits per heavy atom. The quantitative estimate of drug-likeness (QED) is 0.499. The number of hydrogen-bond acceptors (Lipinski definition) is 0. The third-order valence-electron chi connectivity index (χ3n) is 2.30. The summed E-state index contributed by atoms with van der Waals surface area (Å²) in [4.78, 5) is 0. The van der Waals surface area contributed by atoms with Gasteiger partial charge in [-0.2, -0.15) is 0 Å². The molecule has 0 bridgehead atoms.